The lowest BCUT2D eigenvalue weighted by Gasteiger charge is -2.39. The Hall–Kier alpha value is -3.36. The number of carbonyl (C=O) groups excluding carboxylic acids is 2. The van der Waals surface area contributed by atoms with Gasteiger partial charge in [-0.3, -0.25) is 14.7 Å². The molecule has 2 amide bonds. The quantitative estimate of drug-likeness (QED) is 0.611. The fourth-order valence-electron chi connectivity index (χ4n) is 5.75. The van der Waals surface area contributed by atoms with E-state index in [1.165, 1.54) is 4.90 Å². The van der Waals surface area contributed by atoms with Crippen LogP contribution >= 0.6 is 0 Å². The minimum atomic E-state index is -4.39. The molecule has 175 valence electrons. The van der Waals surface area contributed by atoms with Crippen LogP contribution in [0.1, 0.15) is 40.7 Å². The van der Waals surface area contributed by atoms with Crippen molar-refractivity contribution in [2.24, 2.45) is 0 Å². The number of carbonyl (C=O) groups is 2. The summed E-state index contributed by atoms with van der Waals surface area (Å²) in [5.41, 5.74) is 2.79. The number of hydrogen-bond donors (Lipinski definition) is 1. The van der Waals surface area contributed by atoms with Crippen LogP contribution in [0.3, 0.4) is 0 Å². The second-order valence-electron chi connectivity index (χ2n) is 9.43. The molecule has 1 spiro atoms. The molecular formula is C25H22F3N4O2. The van der Waals surface area contributed by atoms with Crippen LogP contribution in [0.4, 0.5) is 18.9 Å². The molecule has 2 aliphatic heterocycles. The molecule has 1 aromatic heterocycles. The molecule has 9 heteroatoms. The third kappa shape index (κ3) is 2.98. The van der Waals surface area contributed by atoms with Gasteiger partial charge in [0, 0.05) is 29.7 Å². The predicted molar refractivity (Wildman–Crippen MR) is 119 cm³/mol. The molecule has 1 aliphatic carbocycles. The largest absolute Gasteiger partial charge is 0.397 e. The van der Waals surface area contributed by atoms with E-state index >= 15 is 0 Å². The van der Waals surface area contributed by atoms with Gasteiger partial charge in [0.15, 0.2) is 0 Å². The van der Waals surface area contributed by atoms with Gasteiger partial charge in [0.05, 0.1) is 23.2 Å². The van der Waals surface area contributed by atoms with Crippen LogP contribution in [0.25, 0.3) is 10.9 Å². The van der Waals surface area contributed by atoms with Gasteiger partial charge in [-0.25, -0.2) is 0 Å². The number of aromatic amines is 1. The number of hydrogen-bond acceptors (Lipinski definition) is 3. The van der Waals surface area contributed by atoms with Gasteiger partial charge in [0.25, 0.3) is 5.91 Å². The van der Waals surface area contributed by atoms with Crippen LogP contribution in [-0.2, 0) is 10.2 Å². The number of benzene rings is 2. The van der Waals surface area contributed by atoms with E-state index in [0.717, 1.165) is 22.0 Å². The number of nitrogens with one attached hydrogen (secondary N) is 1. The Balaban J connectivity index is 1.28. The average Bonchev–Trinajstić information content (AvgIpc) is 3.40. The number of anilines is 1. The van der Waals surface area contributed by atoms with Gasteiger partial charge in [-0.1, -0.05) is 12.1 Å². The fourth-order valence-corrected chi connectivity index (χ4v) is 5.75. The number of fused-ring (bicyclic) bond motifs is 3. The first-order valence-electron chi connectivity index (χ1n) is 11.3. The van der Waals surface area contributed by atoms with Crippen LogP contribution < -0.4 is 4.90 Å². The summed E-state index contributed by atoms with van der Waals surface area (Å²) in [6, 6.07) is 9.85. The normalized spacial score (nSPS) is 22.0. The van der Waals surface area contributed by atoms with Crippen molar-refractivity contribution in [2.75, 3.05) is 18.0 Å². The Labute approximate surface area is 193 Å². The van der Waals surface area contributed by atoms with Gasteiger partial charge in [0.1, 0.15) is 5.92 Å². The Morgan fingerprint density at radius 1 is 1.18 bits per heavy atom. The fraction of sp³-hybridized carbons (Fsp3) is 0.360. The lowest BCUT2D eigenvalue weighted by atomic mass is 9.72. The molecule has 6 rings (SSSR count). The minimum absolute atomic E-state index is 0.125. The van der Waals surface area contributed by atoms with Gasteiger partial charge in [-0.05, 0) is 61.6 Å². The average molecular weight is 467 g/mol. The number of nitrogens with zero attached hydrogens (tertiary/aromatic N) is 3. The zero-order valence-electron chi connectivity index (χ0n) is 18.4. The lowest BCUT2D eigenvalue weighted by Crippen LogP contribution is -2.51. The first-order chi connectivity index (χ1) is 16.2. The van der Waals surface area contributed by atoms with E-state index in [1.807, 2.05) is 19.1 Å². The van der Waals surface area contributed by atoms with Crippen molar-refractivity contribution in [3.63, 3.8) is 0 Å². The first kappa shape index (κ1) is 21.2. The van der Waals surface area contributed by atoms with Crippen molar-refractivity contribution in [1.29, 1.82) is 0 Å². The smallest absolute Gasteiger partial charge is 0.339 e. The number of aromatic nitrogens is 2. The summed E-state index contributed by atoms with van der Waals surface area (Å²) in [6.07, 6.45) is -2.11. The van der Waals surface area contributed by atoms with E-state index < -0.39 is 23.6 Å². The molecule has 1 saturated carbocycles. The van der Waals surface area contributed by atoms with Crippen molar-refractivity contribution in [3.8, 4) is 0 Å². The van der Waals surface area contributed by atoms with E-state index in [1.54, 1.807) is 35.4 Å². The number of aryl methyl sites for hydroxylation is 1. The van der Waals surface area contributed by atoms with Crippen LogP contribution in [0.2, 0.25) is 0 Å². The molecule has 3 aromatic rings. The lowest BCUT2D eigenvalue weighted by molar-refractivity contribution is -0.125. The van der Waals surface area contributed by atoms with E-state index in [0.29, 0.717) is 37.2 Å². The summed E-state index contributed by atoms with van der Waals surface area (Å²) in [4.78, 5) is 30.0. The van der Waals surface area contributed by atoms with Crippen LogP contribution in [-0.4, -0.2) is 52.2 Å². The molecule has 34 heavy (non-hydrogen) atoms. The number of halogens is 3. The van der Waals surface area contributed by atoms with Gasteiger partial charge in [-0.2, -0.15) is 18.3 Å². The van der Waals surface area contributed by atoms with Crippen molar-refractivity contribution in [2.45, 2.75) is 43.8 Å². The maximum atomic E-state index is 13.7. The second kappa shape index (κ2) is 7.07. The number of H-pyrrole nitrogens is 1. The maximum Gasteiger partial charge on any atom is 0.397 e. The molecule has 1 radical (unpaired) electrons. The van der Waals surface area contributed by atoms with Crippen LogP contribution in [0.5, 0.6) is 0 Å². The predicted octanol–water partition coefficient (Wildman–Crippen LogP) is 4.30. The molecule has 6 nitrogen and oxygen atoms in total. The molecule has 1 unspecified atom stereocenters. The van der Waals surface area contributed by atoms with E-state index in [4.69, 9.17) is 0 Å². The topological polar surface area (TPSA) is 69.3 Å². The Bertz CT molecular complexity index is 1320. The minimum Gasteiger partial charge on any atom is -0.339 e. The van der Waals surface area contributed by atoms with Crippen LogP contribution in [0.15, 0.2) is 42.6 Å². The molecule has 3 aliphatic rings. The molecule has 1 N–H and O–H groups in total. The molecular weight excluding hydrogens is 445 g/mol. The van der Waals surface area contributed by atoms with Crippen molar-refractivity contribution in [3.05, 3.63) is 65.2 Å². The highest BCUT2D eigenvalue weighted by atomic mass is 19.4. The van der Waals surface area contributed by atoms with Gasteiger partial charge >= 0.3 is 6.18 Å². The molecule has 2 fully saturated rings. The highest BCUT2D eigenvalue weighted by Gasteiger charge is 2.64. The Kier molecular flexibility index (Phi) is 4.41. The third-order valence-electron chi connectivity index (χ3n) is 7.54. The highest BCUT2D eigenvalue weighted by molar-refractivity contribution is 6.10. The monoisotopic (exact) mass is 467 g/mol. The summed E-state index contributed by atoms with van der Waals surface area (Å²) < 4.78 is 39.9. The van der Waals surface area contributed by atoms with E-state index in [2.05, 4.69) is 10.2 Å². The maximum absolute atomic E-state index is 13.7. The van der Waals surface area contributed by atoms with E-state index in [9.17, 15) is 22.8 Å². The van der Waals surface area contributed by atoms with Gasteiger partial charge in [-0.15, -0.1) is 0 Å². The Morgan fingerprint density at radius 3 is 2.65 bits per heavy atom. The molecule has 1 saturated heterocycles. The van der Waals surface area contributed by atoms with Crippen LogP contribution in [0, 0.1) is 12.8 Å². The summed E-state index contributed by atoms with van der Waals surface area (Å²) in [5, 5.41) is 7.68. The zero-order valence-corrected chi connectivity index (χ0v) is 18.4. The van der Waals surface area contributed by atoms with Crippen molar-refractivity contribution >= 4 is 28.4 Å². The number of rotatable bonds is 2. The molecule has 1 atom stereocenters. The summed E-state index contributed by atoms with van der Waals surface area (Å²) >= 11 is 0. The number of alkyl halides is 3. The standard InChI is InChI=1S/C25H22F3N4O2/c1-14-3-2-4-19-21(14)24(23(34)32(19)20-12-17(20)25(26,27)28)7-9-31(10-8-24)22(33)15-5-6-18-16(11-15)13-29-30-18/h2-6,11,13,20H,7-10,12H2,1H3,(H,29,30). The molecule has 2 aromatic carbocycles. The zero-order chi connectivity index (χ0) is 23.8. The number of amides is 2. The van der Waals surface area contributed by atoms with Crippen molar-refractivity contribution < 1.29 is 22.8 Å². The van der Waals surface area contributed by atoms with Gasteiger partial charge < -0.3 is 9.80 Å². The second-order valence-corrected chi connectivity index (χ2v) is 9.43. The molecule has 3 heterocycles. The third-order valence-corrected chi connectivity index (χ3v) is 7.54. The Morgan fingerprint density at radius 2 is 1.94 bits per heavy atom. The molecule has 0 bridgehead atoms. The van der Waals surface area contributed by atoms with Gasteiger partial charge in [0.2, 0.25) is 5.91 Å². The van der Waals surface area contributed by atoms with Crippen molar-refractivity contribution in [1.82, 2.24) is 15.1 Å². The number of likely N-dealkylation sites (tertiary alicyclic amines) is 1. The SMILES string of the molecule is Cc1cccc2c1C1(CCN(C(=O)c3ccc4[nH]ncc4c3)CC1)C(=O)N2C1C[C]1C(F)(F)F. The highest BCUT2D eigenvalue weighted by Crippen LogP contribution is 2.57. The first-order valence-corrected chi connectivity index (χ1v) is 11.3. The van der Waals surface area contributed by atoms with E-state index in [-0.39, 0.29) is 18.2 Å². The summed E-state index contributed by atoms with van der Waals surface area (Å²) in [5.74, 6) is -0.944. The summed E-state index contributed by atoms with van der Waals surface area (Å²) in [7, 11) is 0. The number of piperidine rings is 1. The summed E-state index contributed by atoms with van der Waals surface area (Å²) in [6.45, 7) is 2.61.